The molecule has 0 unspecified atom stereocenters. The number of hydrogen-bond donors (Lipinski definition) is 1. The Hall–Kier alpha value is -3.03. The number of carbonyl (C=O) groups excluding carboxylic acids is 3. The monoisotopic (exact) mass is 722 g/mol. The zero-order valence-electron chi connectivity index (χ0n) is 21.0. The molecule has 1 aliphatic heterocycles. The maximum Gasteiger partial charge on any atom is 0.294 e. The number of imide groups is 1. The molecule has 0 saturated carbocycles. The summed E-state index contributed by atoms with van der Waals surface area (Å²) < 4.78 is 18.7. The fraction of sp³-hybridized carbons (Fsp3) is 0.179. The molecular weight excluding hydrogens is 699 g/mol. The smallest absolute Gasteiger partial charge is 0.294 e. The minimum absolute atomic E-state index is 0.204. The Bertz CT molecular complexity index is 1410. The Labute approximate surface area is 252 Å². The van der Waals surface area contributed by atoms with Gasteiger partial charge in [0.15, 0.2) is 11.5 Å². The maximum absolute atomic E-state index is 13.0. The normalized spacial score (nSPS) is 14.1. The average molecular weight is 723 g/mol. The Morgan fingerprint density at radius 2 is 1.79 bits per heavy atom. The molecule has 11 heteroatoms. The highest BCUT2D eigenvalue weighted by Crippen LogP contribution is 2.39. The molecule has 0 atom stereocenters. The predicted octanol–water partition coefficient (Wildman–Crippen LogP) is 6.72. The summed E-state index contributed by atoms with van der Waals surface area (Å²) in [5.74, 6) is 0.644. The van der Waals surface area contributed by atoms with Crippen molar-refractivity contribution >= 4 is 79.1 Å². The molecule has 8 nitrogen and oxygen atoms in total. The van der Waals surface area contributed by atoms with Crippen molar-refractivity contribution < 1.29 is 28.6 Å². The van der Waals surface area contributed by atoms with Crippen molar-refractivity contribution in [2.75, 3.05) is 25.6 Å². The highest BCUT2D eigenvalue weighted by molar-refractivity contribution is 14.1. The summed E-state index contributed by atoms with van der Waals surface area (Å²) in [6, 6.07) is 18.3. The third kappa shape index (κ3) is 7.55. The molecule has 1 N–H and O–H groups in total. The number of thioether (sulfide) groups is 1. The van der Waals surface area contributed by atoms with Gasteiger partial charge in [-0.1, -0.05) is 12.1 Å². The molecule has 0 spiro atoms. The summed E-state index contributed by atoms with van der Waals surface area (Å²) >= 11 is 6.55. The summed E-state index contributed by atoms with van der Waals surface area (Å²) in [5, 5.41) is 2.18. The second kappa shape index (κ2) is 13.4. The fourth-order valence-electron chi connectivity index (χ4n) is 3.63. The SMILES string of the molecule is CCOc1ccc(NC(=O)CN2C(=O)S/C(=C/c3cc(Br)c(OCc4ccc(I)cc4)c(OC)c3)C2=O)cc1. The van der Waals surface area contributed by atoms with Gasteiger partial charge in [0.2, 0.25) is 5.91 Å². The van der Waals surface area contributed by atoms with Gasteiger partial charge < -0.3 is 19.5 Å². The first-order valence-corrected chi connectivity index (χ1v) is 14.5. The third-order valence-electron chi connectivity index (χ3n) is 5.47. The molecular formula is C28H24BrIN2O6S. The summed E-state index contributed by atoms with van der Waals surface area (Å²) in [5.41, 5.74) is 2.17. The lowest BCUT2D eigenvalue weighted by molar-refractivity contribution is -0.127. The molecule has 1 saturated heterocycles. The van der Waals surface area contributed by atoms with E-state index in [4.69, 9.17) is 14.2 Å². The van der Waals surface area contributed by atoms with E-state index >= 15 is 0 Å². The van der Waals surface area contributed by atoms with Crippen molar-refractivity contribution in [3.8, 4) is 17.2 Å². The van der Waals surface area contributed by atoms with E-state index in [0.29, 0.717) is 46.2 Å². The largest absolute Gasteiger partial charge is 0.494 e. The topological polar surface area (TPSA) is 94.2 Å². The number of anilines is 1. The van der Waals surface area contributed by atoms with E-state index in [2.05, 4.69) is 43.8 Å². The molecule has 39 heavy (non-hydrogen) atoms. The molecule has 3 aromatic carbocycles. The lowest BCUT2D eigenvalue weighted by Crippen LogP contribution is -2.36. The fourth-order valence-corrected chi connectivity index (χ4v) is 5.40. The van der Waals surface area contributed by atoms with E-state index in [1.54, 1.807) is 42.5 Å². The van der Waals surface area contributed by atoms with Gasteiger partial charge >= 0.3 is 0 Å². The first-order chi connectivity index (χ1) is 18.8. The van der Waals surface area contributed by atoms with Crippen LogP contribution in [0.25, 0.3) is 6.08 Å². The highest BCUT2D eigenvalue weighted by atomic mass is 127. The van der Waals surface area contributed by atoms with Crippen LogP contribution >= 0.6 is 50.3 Å². The van der Waals surface area contributed by atoms with Crippen LogP contribution in [-0.4, -0.2) is 42.2 Å². The van der Waals surface area contributed by atoms with Gasteiger partial charge in [0.25, 0.3) is 11.1 Å². The van der Waals surface area contributed by atoms with Crippen molar-refractivity contribution in [2.45, 2.75) is 13.5 Å². The third-order valence-corrected chi connectivity index (χ3v) is 7.69. The number of amides is 3. The number of nitrogens with zero attached hydrogens (tertiary/aromatic N) is 1. The van der Waals surface area contributed by atoms with E-state index in [9.17, 15) is 14.4 Å². The molecule has 1 aliphatic rings. The van der Waals surface area contributed by atoms with Crippen LogP contribution in [0.4, 0.5) is 10.5 Å². The highest BCUT2D eigenvalue weighted by Gasteiger charge is 2.36. The standard InChI is InChI=1S/C28H24BrIN2O6S/c1-3-37-21-10-8-20(9-11-21)31-25(33)15-32-27(34)24(39-28(32)35)14-18-12-22(29)26(23(13-18)36-2)38-16-17-4-6-19(30)7-5-17/h4-14H,3,15-16H2,1-2H3,(H,31,33)/b24-14+. The molecule has 3 amide bonds. The molecule has 1 heterocycles. The minimum Gasteiger partial charge on any atom is -0.494 e. The van der Waals surface area contributed by atoms with Crippen molar-refractivity contribution in [1.82, 2.24) is 4.90 Å². The van der Waals surface area contributed by atoms with Gasteiger partial charge in [-0.05, 0) is 123 Å². The quantitative estimate of drug-likeness (QED) is 0.184. The molecule has 4 rings (SSSR count). The van der Waals surface area contributed by atoms with Gasteiger partial charge in [-0.3, -0.25) is 19.3 Å². The van der Waals surface area contributed by atoms with Crippen LogP contribution in [0.2, 0.25) is 0 Å². The van der Waals surface area contributed by atoms with E-state index in [1.165, 1.54) is 7.11 Å². The van der Waals surface area contributed by atoms with Crippen LogP contribution in [0.1, 0.15) is 18.1 Å². The Morgan fingerprint density at radius 1 is 1.08 bits per heavy atom. The number of ether oxygens (including phenoxy) is 3. The second-order valence-corrected chi connectivity index (χ2v) is 11.3. The number of carbonyl (C=O) groups is 3. The summed E-state index contributed by atoms with van der Waals surface area (Å²) in [6.07, 6.45) is 1.59. The number of hydrogen-bond acceptors (Lipinski definition) is 7. The second-order valence-electron chi connectivity index (χ2n) is 8.22. The van der Waals surface area contributed by atoms with Gasteiger partial charge in [-0.25, -0.2) is 0 Å². The molecule has 0 aromatic heterocycles. The molecule has 3 aromatic rings. The van der Waals surface area contributed by atoms with Gasteiger partial charge in [0.05, 0.1) is 23.1 Å². The number of benzene rings is 3. The summed E-state index contributed by atoms with van der Waals surface area (Å²) in [4.78, 5) is 39.2. The van der Waals surface area contributed by atoms with Crippen LogP contribution < -0.4 is 19.5 Å². The number of halogens is 2. The van der Waals surface area contributed by atoms with Crippen LogP contribution in [0, 0.1) is 3.57 Å². The minimum atomic E-state index is -0.541. The Kier molecular flexibility index (Phi) is 9.92. The maximum atomic E-state index is 13.0. The molecule has 0 bridgehead atoms. The van der Waals surface area contributed by atoms with Crippen molar-refractivity contribution in [1.29, 1.82) is 0 Å². The molecule has 0 aliphatic carbocycles. The molecule has 1 fully saturated rings. The summed E-state index contributed by atoms with van der Waals surface area (Å²) in [7, 11) is 1.53. The van der Waals surface area contributed by atoms with E-state index < -0.39 is 23.6 Å². The van der Waals surface area contributed by atoms with E-state index in [0.717, 1.165) is 25.8 Å². The van der Waals surface area contributed by atoms with Crippen LogP contribution in [0.15, 0.2) is 70.0 Å². The lowest BCUT2D eigenvalue weighted by atomic mass is 10.1. The number of rotatable bonds is 10. The van der Waals surface area contributed by atoms with Gasteiger partial charge in [0.1, 0.15) is 18.9 Å². The van der Waals surface area contributed by atoms with Crippen LogP contribution in [-0.2, 0) is 16.2 Å². The molecule has 202 valence electrons. The van der Waals surface area contributed by atoms with E-state index in [-0.39, 0.29) is 4.91 Å². The summed E-state index contributed by atoms with van der Waals surface area (Å²) in [6.45, 7) is 2.37. The Balaban J connectivity index is 1.43. The van der Waals surface area contributed by atoms with Crippen molar-refractivity contribution in [3.05, 3.63) is 84.7 Å². The number of methoxy groups -OCH3 is 1. The Morgan fingerprint density at radius 3 is 2.46 bits per heavy atom. The van der Waals surface area contributed by atoms with Crippen LogP contribution in [0.5, 0.6) is 17.2 Å². The van der Waals surface area contributed by atoms with Gasteiger partial charge in [-0.2, -0.15) is 0 Å². The van der Waals surface area contributed by atoms with Gasteiger partial charge in [-0.15, -0.1) is 0 Å². The van der Waals surface area contributed by atoms with Crippen LogP contribution in [0.3, 0.4) is 0 Å². The zero-order chi connectivity index (χ0) is 27.9. The zero-order valence-corrected chi connectivity index (χ0v) is 25.6. The average Bonchev–Trinajstić information content (AvgIpc) is 3.17. The molecule has 0 radical (unpaired) electrons. The first-order valence-electron chi connectivity index (χ1n) is 11.8. The lowest BCUT2D eigenvalue weighted by Gasteiger charge is -2.14. The predicted molar refractivity (Wildman–Crippen MR) is 163 cm³/mol. The van der Waals surface area contributed by atoms with Crippen molar-refractivity contribution in [2.24, 2.45) is 0 Å². The number of nitrogens with one attached hydrogen (secondary N) is 1. The first kappa shape index (κ1) is 29.0. The van der Waals surface area contributed by atoms with Crippen molar-refractivity contribution in [3.63, 3.8) is 0 Å². The van der Waals surface area contributed by atoms with E-state index in [1.807, 2.05) is 31.2 Å². The van der Waals surface area contributed by atoms with Gasteiger partial charge in [0, 0.05) is 9.26 Å².